The molecule has 4 nitrogen and oxygen atoms in total. The number of benzene rings is 9. The van der Waals surface area contributed by atoms with Crippen LogP contribution in [0.4, 0.5) is 0 Å². The summed E-state index contributed by atoms with van der Waals surface area (Å²) in [6, 6.07) is 73.8. The number of hydrogen-bond acceptors (Lipinski definition) is 2. The first-order valence-electron chi connectivity index (χ1n) is 19.7. The Balaban J connectivity index is 0.948. The number of fused-ring (bicyclic) bond motifs is 9. The van der Waals surface area contributed by atoms with Gasteiger partial charge in [0.05, 0.1) is 33.3 Å². The summed E-state index contributed by atoms with van der Waals surface area (Å²) >= 11 is 0. The fourth-order valence-corrected chi connectivity index (χ4v) is 9.05. The summed E-state index contributed by atoms with van der Waals surface area (Å²) in [5.74, 6) is 0.663. The highest BCUT2D eigenvalue weighted by atomic mass is 15.2. The molecular formula is C54H34N4. The van der Waals surface area contributed by atoms with Gasteiger partial charge in [-0.25, -0.2) is 9.97 Å². The number of para-hydroxylation sites is 4. The predicted molar refractivity (Wildman–Crippen MR) is 242 cm³/mol. The topological polar surface area (TPSA) is 35.6 Å². The van der Waals surface area contributed by atoms with E-state index in [0.29, 0.717) is 5.95 Å². The maximum absolute atomic E-state index is 5.37. The van der Waals surface area contributed by atoms with Crippen LogP contribution in [-0.4, -0.2) is 19.1 Å². The maximum atomic E-state index is 5.37. The average Bonchev–Trinajstić information content (AvgIpc) is 3.82. The molecule has 0 atom stereocenters. The molecule has 0 fully saturated rings. The molecule has 12 aromatic rings. The molecule has 58 heavy (non-hydrogen) atoms. The molecule has 0 bridgehead atoms. The van der Waals surface area contributed by atoms with Gasteiger partial charge in [-0.15, -0.1) is 0 Å². The summed E-state index contributed by atoms with van der Waals surface area (Å²) in [5.41, 5.74) is 13.3. The first kappa shape index (κ1) is 32.4. The van der Waals surface area contributed by atoms with E-state index in [4.69, 9.17) is 9.97 Å². The quantitative estimate of drug-likeness (QED) is 0.176. The minimum atomic E-state index is 0.663. The van der Waals surface area contributed by atoms with Gasteiger partial charge < -0.3 is 4.57 Å². The summed E-state index contributed by atoms with van der Waals surface area (Å²) in [6.07, 6.45) is 0. The molecule has 3 heterocycles. The molecular weight excluding hydrogens is 705 g/mol. The molecule has 0 amide bonds. The van der Waals surface area contributed by atoms with Crippen molar-refractivity contribution in [3.05, 3.63) is 206 Å². The normalized spacial score (nSPS) is 11.8. The molecule has 0 spiro atoms. The van der Waals surface area contributed by atoms with Gasteiger partial charge in [0.25, 0.3) is 0 Å². The summed E-state index contributed by atoms with van der Waals surface area (Å²) in [5, 5.41) is 8.38. The van der Waals surface area contributed by atoms with Crippen LogP contribution in [0.1, 0.15) is 0 Å². The zero-order chi connectivity index (χ0) is 38.2. The molecule has 0 aliphatic rings. The third kappa shape index (κ3) is 5.02. The van der Waals surface area contributed by atoms with Gasteiger partial charge in [-0.05, 0) is 87.6 Å². The van der Waals surface area contributed by atoms with Crippen molar-refractivity contribution in [2.45, 2.75) is 0 Å². The predicted octanol–water partition coefficient (Wildman–Crippen LogP) is 14.0. The van der Waals surface area contributed by atoms with Crippen molar-refractivity contribution >= 4 is 65.3 Å². The molecule has 9 aromatic carbocycles. The number of nitrogens with zero attached hydrogens (tertiary/aromatic N) is 4. The van der Waals surface area contributed by atoms with Crippen molar-refractivity contribution < 1.29 is 0 Å². The minimum absolute atomic E-state index is 0.663. The monoisotopic (exact) mass is 738 g/mol. The molecule has 0 aliphatic heterocycles. The number of hydrogen-bond donors (Lipinski definition) is 0. The first-order valence-corrected chi connectivity index (χ1v) is 19.7. The smallest absolute Gasteiger partial charge is 0.235 e. The third-order valence-electron chi connectivity index (χ3n) is 11.7. The lowest BCUT2D eigenvalue weighted by atomic mass is 9.96. The van der Waals surface area contributed by atoms with Gasteiger partial charge >= 0.3 is 0 Å². The molecule has 0 unspecified atom stereocenters. The SMILES string of the molecule is c1ccc(-n2c3ccccc3c3cc(-c4cccc(-c5ccc(-c6nc(-n7c8ccccc8c8c9ccccc9ccc87)nc7ccccc67)cc5)c4)ccc32)cc1. The van der Waals surface area contributed by atoms with E-state index < -0.39 is 0 Å². The van der Waals surface area contributed by atoms with Crippen LogP contribution in [0.2, 0.25) is 0 Å². The average molecular weight is 739 g/mol. The largest absolute Gasteiger partial charge is 0.309 e. The molecule has 12 rings (SSSR count). The standard InChI is InChI=1S/C54H34N4/c1-2-16-41(17-3-1)57-48-23-10-7-19-43(48)46-34-40(30-31-50(46)57)39-15-12-14-38(33-39)35-25-27-37(28-26-35)53-44-20-6-9-22-47(44)55-54(56-53)58-49-24-11-8-21-45(49)52-42-18-5-4-13-36(42)29-32-51(52)58/h1-34H. The van der Waals surface area contributed by atoms with E-state index in [2.05, 4.69) is 215 Å². The summed E-state index contributed by atoms with van der Waals surface area (Å²) in [6.45, 7) is 0. The van der Waals surface area contributed by atoms with Gasteiger partial charge in [0.15, 0.2) is 0 Å². The maximum Gasteiger partial charge on any atom is 0.235 e. The van der Waals surface area contributed by atoms with E-state index in [1.165, 1.54) is 65.7 Å². The molecule has 0 saturated heterocycles. The minimum Gasteiger partial charge on any atom is -0.309 e. The fourth-order valence-electron chi connectivity index (χ4n) is 9.05. The first-order chi connectivity index (χ1) is 28.8. The Morgan fingerprint density at radius 2 is 0.897 bits per heavy atom. The van der Waals surface area contributed by atoms with Crippen LogP contribution in [0.15, 0.2) is 206 Å². The van der Waals surface area contributed by atoms with Crippen LogP contribution in [0.25, 0.3) is 110 Å². The van der Waals surface area contributed by atoms with Crippen LogP contribution in [0, 0.1) is 0 Å². The zero-order valence-electron chi connectivity index (χ0n) is 31.4. The van der Waals surface area contributed by atoms with Crippen molar-refractivity contribution in [3.8, 4) is 45.1 Å². The Hall–Kier alpha value is -7.82. The van der Waals surface area contributed by atoms with E-state index in [9.17, 15) is 0 Å². The van der Waals surface area contributed by atoms with Crippen LogP contribution in [0.5, 0.6) is 0 Å². The van der Waals surface area contributed by atoms with Crippen molar-refractivity contribution in [1.29, 1.82) is 0 Å². The Morgan fingerprint density at radius 1 is 0.310 bits per heavy atom. The van der Waals surface area contributed by atoms with Crippen LogP contribution < -0.4 is 0 Å². The van der Waals surface area contributed by atoms with E-state index in [1.54, 1.807) is 0 Å². The summed E-state index contributed by atoms with van der Waals surface area (Å²) in [7, 11) is 0. The van der Waals surface area contributed by atoms with E-state index in [-0.39, 0.29) is 0 Å². The molecule has 270 valence electrons. The van der Waals surface area contributed by atoms with Crippen LogP contribution >= 0.6 is 0 Å². The highest BCUT2D eigenvalue weighted by Crippen LogP contribution is 2.39. The van der Waals surface area contributed by atoms with Gasteiger partial charge in [-0.1, -0.05) is 152 Å². The third-order valence-corrected chi connectivity index (χ3v) is 11.7. The summed E-state index contributed by atoms with van der Waals surface area (Å²) in [4.78, 5) is 10.6. The van der Waals surface area contributed by atoms with E-state index >= 15 is 0 Å². The number of aromatic nitrogens is 4. The van der Waals surface area contributed by atoms with Crippen molar-refractivity contribution in [2.75, 3.05) is 0 Å². The van der Waals surface area contributed by atoms with Crippen molar-refractivity contribution in [1.82, 2.24) is 19.1 Å². The molecule has 0 saturated carbocycles. The molecule has 0 aliphatic carbocycles. The summed E-state index contributed by atoms with van der Waals surface area (Å²) < 4.78 is 4.59. The second-order valence-corrected chi connectivity index (χ2v) is 15.0. The Bertz CT molecular complexity index is 3560. The van der Waals surface area contributed by atoms with Gasteiger partial charge in [0, 0.05) is 38.2 Å². The molecule has 0 N–H and O–H groups in total. The Labute approximate surface area is 334 Å². The molecule has 0 radical (unpaired) electrons. The lowest BCUT2D eigenvalue weighted by molar-refractivity contribution is 1.01. The highest BCUT2D eigenvalue weighted by molar-refractivity contribution is 6.21. The van der Waals surface area contributed by atoms with E-state index in [0.717, 1.165) is 38.8 Å². The Morgan fingerprint density at radius 3 is 1.72 bits per heavy atom. The molecule has 4 heteroatoms. The van der Waals surface area contributed by atoms with Gasteiger partial charge in [0.1, 0.15) is 0 Å². The van der Waals surface area contributed by atoms with Crippen LogP contribution in [0.3, 0.4) is 0 Å². The van der Waals surface area contributed by atoms with E-state index in [1.807, 2.05) is 0 Å². The molecule has 3 aromatic heterocycles. The zero-order valence-corrected chi connectivity index (χ0v) is 31.4. The second kappa shape index (κ2) is 12.9. The van der Waals surface area contributed by atoms with Gasteiger partial charge in [-0.2, -0.15) is 0 Å². The van der Waals surface area contributed by atoms with Gasteiger partial charge in [0.2, 0.25) is 5.95 Å². The lowest BCUT2D eigenvalue weighted by Crippen LogP contribution is -2.03. The van der Waals surface area contributed by atoms with Gasteiger partial charge in [-0.3, -0.25) is 4.57 Å². The highest BCUT2D eigenvalue weighted by Gasteiger charge is 2.19. The van der Waals surface area contributed by atoms with Crippen molar-refractivity contribution in [3.63, 3.8) is 0 Å². The lowest BCUT2D eigenvalue weighted by Gasteiger charge is -2.12. The van der Waals surface area contributed by atoms with Crippen molar-refractivity contribution in [2.24, 2.45) is 0 Å². The second-order valence-electron chi connectivity index (χ2n) is 15.0. The fraction of sp³-hybridized carbons (Fsp3) is 0. The van der Waals surface area contributed by atoms with Crippen LogP contribution in [-0.2, 0) is 0 Å². The number of rotatable bonds is 5. The Kier molecular flexibility index (Phi) is 7.20.